The van der Waals surface area contributed by atoms with Gasteiger partial charge in [-0.05, 0) is 49.4 Å². The van der Waals surface area contributed by atoms with E-state index in [1.807, 2.05) is 0 Å². The van der Waals surface area contributed by atoms with Gasteiger partial charge in [-0.25, -0.2) is 0 Å². The van der Waals surface area contributed by atoms with Crippen LogP contribution in [0.1, 0.15) is 29.6 Å². The van der Waals surface area contributed by atoms with Gasteiger partial charge in [-0.2, -0.15) is 0 Å². The lowest BCUT2D eigenvalue weighted by Gasteiger charge is -2.19. The summed E-state index contributed by atoms with van der Waals surface area (Å²) in [6.45, 7) is 2.47. The number of fused-ring (bicyclic) bond motifs is 1. The van der Waals surface area contributed by atoms with Crippen molar-refractivity contribution in [2.75, 3.05) is 26.3 Å². The van der Waals surface area contributed by atoms with Gasteiger partial charge in [-0.15, -0.1) is 0 Å². The number of benzene rings is 1. The van der Waals surface area contributed by atoms with E-state index in [-0.39, 0.29) is 11.3 Å². The number of carbonyl (C=O) groups is 1. The van der Waals surface area contributed by atoms with Gasteiger partial charge in [0.15, 0.2) is 11.5 Å². The number of rotatable bonds is 5. The summed E-state index contributed by atoms with van der Waals surface area (Å²) < 4.78 is 10.9. The number of ether oxygens (including phenoxy) is 2. The van der Waals surface area contributed by atoms with Gasteiger partial charge in [0.2, 0.25) is 0 Å². The third-order valence-electron chi connectivity index (χ3n) is 4.06. The van der Waals surface area contributed by atoms with Crippen LogP contribution in [-0.4, -0.2) is 32.2 Å². The van der Waals surface area contributed by atoms with Gasteiger partial charge in [0.05, 0.1) is 0 Å². The first-order valence-electron chi connectivity index (χ1n) is 7.10. The van der Waals surface area contributed by atoms with E-state index in [0.717, 1.165) is 19.3 Å². The molecule has 1 aromatic rings. The maximum atomic E-state index is 12.2. The minimum Gasteiger partial charge on any atom is -0.486 e. The quantitative estimate of drug-likeness (QED) is 0.850. The predicted molar refractivity (Wildman–Crippen MR) is 75.1 cm³/mol. The lowest BCUT2D eigenvalue weighted by Crippen LogP contribution is -2.31. The first kappa shape index (κ1) is 13.2. The Hall–Kier alpha value is -1.75. The van der Waals surface area contributed by atoms with Gasteiger partial charge in [-0.1, -0.05) is 0 Å². The summed E-state index contributed by atoms with van der Waals surface area (Å²) in [7, 11) is 0. The number of hydrogen-bond donors (Lipinski definition) is 2. The highest BCUT2D eigenvalue weighted by molar-refractivity contribution is 5.94. The molecule has 3 rings (SSSR count). The molecule has 0 saturated heterocycles. The Labute approximate surface area is 118 Å². The van der Waals surface area contributed by atoms with E-state index in [1.54, 1.807) is 18.2 Å². The van der Waals surface area contributed by atoms with Crippen molar-refractivity contribution in [3.05, 3.63) is 23.8 Å². The van der Waals surface area contributed by atoms with Gasteiger partial charge in [-0.3, -0.25) is 4.79 Å². The van der Waals surface area contributed by atoms with Crippen molar-refractivity contribution in [1.82, 2.24) is 5.32 Å². The Morgan fingerprint density at radius 3 is 2.70 bits per heavy atom. The third-order valence-corrected chi connectivity index (χ3v) is 4.06. The molecule has 20 heavy (non-hydrogen) atoms. The van der Waals surface area contributed by atoms with Gasteiger partial charge in [0.1, 0.15) is 13.2 Å². The molecule has 0 atom stereocenters. The molecule has 1 aromatic carbocycles. The van der Waals surface area contributed by atoms with Crippen LogP contribution in [-0.2, 0) is 0 Å². The summed E-state index contributed by atoms with van der Waals surface area (Å²) in [5, 5.41) is 3.00. The predicted octanol–water partition coefficient (Wildman–Crippen LogP) is 1.32. The zero-order valence-corrected chi connectivity index (χ0v) is 11.5. The molecule has 1 aliphatic heterocycles. The standard InChI is InChI=1S/C15H20N2O3/c16-6-5-15(3-4-15)10-17-14(18)11-1-2-12-13(9-11)20-8-7-19-12/h1-2,9H,3-8,10,16H2,(H,17,18). The lowest BCUT2D eigenvalue weighted by atomic mass is 10.0. The summed E-state index contributed by atoms with van der Waals surface area (Å²) in [5.41, 5.74) is 6.46. The SMILES string of the molecule is NCCC1(CNC(=O)c2ccc3c(c2)OCCO3)CC1. The molecule has 1 fully saturated rings. The molecule has 5 nitrogen and oxygen atoms in total. The van der Waals surface area contributed by atoms with E-state index in [0.29, 0.717) is 43.4 Å². The number of nitrogens with one attached hydrogen (secondary N) is 1. The molecule has 0 bridgehead atoms. The van der Waals surface area contributed by atoms with E-state index in [2.05, 4.69) is 5.32 Å². The average molecular weight is 276 g/mol. The van der Waals surface area contributed by atoms with Crippen molar-refractivity contribution in [1.29, 1.82) is 0 Å². The van der Waals surface area contributed by atoms with Crippen molar-refractivity contribution >= 4 is 5.91 Å². The van der Waals surface area contributed by atoms with Crippen molar-refractivity contribution in [2.45, 2.75) is 19.3 Å². The highest BCUT2D eigenvalue weighted by Crippen LogP contribution is 2.47. The van der Waals surface area contributed by atoms with Crippen LogP contribution in [0, 0.1) is 5.41 Å². The van der Waals surface area contributed by atoms with Crippen LogP contribution >= 0.6 is 0 Å². The molecule has 0 spiro atoms. The summed E-state index contributed by atoms with van der Waals surface area (Å²) >= 11 is 0. The van der Waals surface area contributed by atoms with Crippen molar-refractivity contribution in [3.8, 4) is 11.5 Å². The molecular weight excluding hydrogens is 256 g/mol. The first-order chi connectivity index (χ1) is 9.72. The summed E-state index contributed by atoms with van der Waals surface area (Å²) in [5.74, 6) is 1.28. The minimum atomic E-state index is -0.0646. The molecule has 5 heteroatoms. The molecule has 1 amide bonds. The van der Waals surface area contributed by atoms with Crippen LogP contribution in [0.25, 0.3) is 0 Å². The average Bonchev–Trinajstić information content (AvgIpc) is 3.25. The zero-order valence-electron chi connectivity index (χ0n) is 11.5. The van der Waals surface area contributed by atoms with E-state index in [4.69, 9.17) is 15.2 Å². The Kier molecular flexibility index (Phi) is 3.53. The Morgan fingerprint density at radius 1 is 1.25 bits per heavy atom. The molecule has 0 radical (unpaired) electrons. The van der Waals surface area contributed by atoms with Gasteiger partial charge in [0, 0.05) is 12.1 Å². The lowest BCUT2D eigenvalue weighted by molar-refractivity contribution is 0.0943. The second-order valence-electron chi connectivity index (χ2n) is 5.58. The van der Waals surface area contributed by atoms with E-state index in [1.165, 1.54) is 0 Å². The molecule has 108 valence electrons. The normalized spacial score (nSPS) is 18.4. The summed E-state index contributed by atoms with van der Waals surface area (Å²) in [6, 6.07) is 5.30. The van der Waals surface area contributed by atoms with Crippen LogP contribution in [0.5, 0.6) is 11.5 Å². The van der Waals surface area contributed by atoms with Crippen molar-refractivity contribution in [2.24, 2.45) is 11.1 Å². The Balaban J connectivity index is 1.62. The molecular formula is C15H20N2O3. The van der Waals surface area contributed by atoms with Gasteiger partial charge in [0.25, 0.3) is 5.91 Å². The molecule has 1 saturated carbocycles. The van der Waals surface area contributed by atoms with E-state index in [9.17, 15) is 4.79 Å². The topological polar surface area (TPSA) is 73.6 Å². The zero-order chi connectivity index (χ0) is 14.0. The maximum Gasteiger partial charge on any atom is 0.251 e. The molecule has 1 heterocycles. The minimum absolute atomic E-state index is 0.0646. The van der Waals surface area contributed by atoms with Crippen LogP contribution in [0.2, 0.25) is 0 Å². The Morgan fingerprint density at radius 2 is 2.00 bits per heavy atom. The van der Waals surface area contributed by atoms with Gasteiger partial charge >= 0.3 is 0 Å². The smallest absolute Gasteiger partial charge is 0.251 e. The first-order valence-corrected chi connectivity index (χ1v) is 7.10. The fourth-order valence-electron chi connectivity index (χ4n) is 2.55. The molecule has 0 unspecified atom stereocenters. The molecule has 0 aromatic heterocycles. The molecule has 3 N–H and O–H groups in total. The number of nitrogens with two attached hydrogens (primary N) is 1. The second-order valence-corrected chi connectivity index (χ2v) is 5.58. The highest BCUT2D eigenvalue weighted by atomic mass is 16.6. The van der Waals surface area contributed by atoms with Crippen molar-refractivity contribution in [3.63, 3.8) is 0 Å². The third kappa shape index (κ3) is 2.72. The number of carbonyl (C=O) groups excluding carboxylic acids is 1. The summed E-state index contributed by atoms with van der Waals surface area (Å²) in [6.07, 6.45) is 3.30. The van der Waals surface area contributed by atoms with Crippen LogP contribution in [0.4, 0.5) is 0 Å². The van der Waals surface area contributed by atoms with Crippen molar-refractivity contribution < 1.29 is 14.3 Å². The fourth-order valence-corrected chi connectivity index (χ4v) is 2.55. The maximum absolute atomic E-state index is 12.2. The van der Waals surface area contributed by atoms with Crippen LogP contribution in [0.3, 0.4) is 0 Å². The van der Waals surface area contributed by atoms with Crippen LogP contribution in [0.15, 0.2) is 18.2 Å². The second kappa shape index (κ2) is 5.32. The molecule has 1 aliphatic carbocycles. The number of amides is 1. The Bertz CT molecular complexity index is 512. The van der Waals surface area contributed by atoms with E-state index < -0.39 is 0 Å². The fraction of sp³-hybridized carbons (Fsp3) is 0.533. The van der Waals surface area contributed by atoms with Gasteiger partial charge < -0.3 is 20.5 Å². The highest BCUT2D eigenvalue weighted by Gasteiger charge is 2.41. The number of hydrogen-bond acceptors (Lipinski definition) is 4. The van der Waals surface area contributed by atoms with Crippen LogP contribution < -0.4 is 20.5 Å². The molecule has 2 aliphatic rings. The monoisotopic (exact) mass is 276 g/mol. The largest absolute Gasteiger partial charge is 0.486 e. The summed E-state index contributed by atoms with van der Waals surface area (Å²) in [4.78, 5) is 12.2. The van der Waals surface area contributed by atoms with E-state index >= 15 is 0 Å².